The van der Waals surface area contributed by atoms with E-state index in [9.17, 15) is 4.79 Å². The van der Waals surface area contributed by atoms with Gasteiger partial charge in [0.15, 0.2) is 6.10 Å². The monoisotopic (exact) mass is 169 g/mol. The first kappa shape index (κ1) is 8.05. The van der Waals surface area contributed by atoms with Gasteiger partial charge in [-0.2, -0.15) is 0 Å². The van der Waals surface area contributed by atoms with Crippen molar-refractivity contribution in [3.05, 3.63) is 0 Å². The van der Waals surface area contributed by atoms with Crippen LogP contribution in [0.1, 0.15) is 32.6 Å². The largest absolute Gasteiger partial charge is 0.359 e. The number of carbonyl (C=O) groups excluding carboxylic acids is 1. The van der Waals surface area contributed by atoms with Gasteiger partial charge in [0, 0.05) is 6.04 Å². The van der Waals surface area contributed by atoms with Gasteiger partial charge in [0.25, 0.3) is 5.91 Å². The van der Waals surface area contributed by atoms with Gasteiger partial charge in [-0.1, -0.05) is 13.3 Å². The lowest BCUT2D eigenvalue weighted by atomic mass is 10.2. The highest BCUT2D eigenvalue weighted by atomic mass is 16.6. The summed E-state index contributed by atoms with van der Waals surface area (Å²) in [5.41, 5.74) is 0. The van der Waals surface area contributed by atoms with Gasteiger partial charge in [-0.05, 0) is 19.3 Å². The Bertz CT molecular complexity index is 189. The van der Waals surface area contributed by atoms with E-state index in [0.29, 0.717) is 6.04 Å². The average molecular weight is 169 g/mol. The first-order valence-electron chi connectivity index (χ1n) is 4.77. The van der Waals surface area contributed by atoms with Crippen LogP contribution < -0.4 is 5.32 Å². The van der Waals surface area contributed by atoms with Crippen molar-refractivity contribution in [1.82, 2.24) is 5.32 Å². The van der Waals surface area contributed by atoms with Gasteiger partial charge in [0.1, 0.15) is 0 Å². The molecular formula is C9H15NO2. The van der Waals surface area contributed by atoms with Gasteiger partial charge in [-0.3, -0.25) is 4.79 Å². The van der Waals surface area contributed by atoms with Gasteiger partial charge in [-0.15, -0.1) is 0 Å². The molecule has 0 radical (unpaired) electrons. The maximum atomic E-state index is 11.3. The lowest BCUT2D eigenvalue weighted by Crippen LogP contribution is -2.30. The fourth-order valence-corrected chi connectivity index (χ4v) is 1.39. The van der Waals surface area contributed by atoms with Gasteiger partial charge in [0.2, 0.25) is 0 Å². The van der Waals surface area contributed by atoms with Crippen LogP contribution in [0.15, 0.2) is 0 Å². The molecule has 0 spiro atoms. The Morgan fingerprint density at radius 3 is 2.92 bits per heavy atom. The van der Waals surface area contributed by atoms with Gasteiger partial charge < -0.3 is 10.1 Å². The molecule has 0 aromatic rings. The molecule has 0 aromatic heterocycles. The van der Waals surface area contributed by atoms with Crippen LogP contribution in [-0.2, 0) is 9.53 Å². The first-order valence-corrected chi connectivity index (χ1v) is 4.77. The number of nitrogens with one attached hydrogen (secondary N) is 1. The summed E-state index contributed by atoms with van der Waals surface area (Å²) in [6.45, 7) is 2.11. The molecule has 3 nitrogen and oxygen atoms in total. The molecule has 1 N–H and O–H groups in total. The summed E-state index contributed by atoms with van der Waals surface area (Å²) in [5.74, 6) is 0.107. The summed E-state index contributed by atoms with van der Waals surface area (Å²) in [7, 11) is 0. The molecule has 1 amide bonds. The molecule has 2 rings (SSSR count). The minimum atomic E-state index is -0.120. The molecule has 1 aliphatic heterocycles. The van der Waals surface area contributed by atoms with E-state index in [1.807, 2.05) is 0 Å². The SMILES string of the molecule is CCC[C@@H]1O[C@H]1C(=O)NC1CC1. The van der Waals surface area contributed by atoms with E-state index >= 15 is 0 Å². The maximum absolute atomic E-state index is 11.3. The van der Waals surface area contributed by atoms with Gasteiger partial charge in [0.05, 0.1) is 6.10 Å². The number of hydrogen-bond acceptors (Lipinski definition) is 2. The normalized spacial score (nSPS) is 33.1. The van der Waals surface area contributed by atoms with E-state index in [1.165, 1.54) is 0 Å². The number of amides is 1. The third-order valence-electron chi connectivity index (χ3n) is 2.34. The number of hydrogen-bond donors (Lipinski definition) is 1. The summed E-state index contributed by atoms with van der Waals surface area (Å²) in [5, 5.41) is 2.94. The molecule has 1 saturated heterocycles. The smallest absolute Gasteiger partial charge is 0.252 e. The van der Waals surface area contributed by atoms with Crippen molar-refractivity contribution in [2.45, 2.75) is 50.9 Å². The molecule has 3 heteroatoms. The van der Waals surface area contributed by atoms with Crippen molar-refractivity contribution in [2.24, 2.45) is 0 Å². The Morgan fingerprint density at radius 2 is 2.33 bits per heavy atom. The molecule has 2 atom stereocenters. The zero-order valence-electron chi connectivity index (χ0n) is 7.38. The topological polar surface area (TPSA) is 41.6 Å². The quantitative estimate of drug-likeness (QED) is 0.633. The zero-order valence-corrected chi connectivity index (χ0v) is 7.38. The molecule has 2 aliphatic rings. The van der Waals surface area contributed by atoms with Crippen LogP contribution in [0.2, 0.25) is 0 Å². The molecule has 1 saturated carbocycles. The van der Waals surface area contributed by atoms with E-state index in [-0.39, 0.29) is 18.1 Å². The fraction of sp³-hybridized carbons (Fsp3) is 0.889. The Hall–Kier alpha value is -0.570. The molecule has 68 valence electrons. The van der Waals surface area contributed by atoms with Crippen LogP contribution >= 0.6 is 0 Å². The molecule has 0 bridgehead atoms. The summed E-state index contributed by atoms with van der Waals surface area (Å²) in [4.78, 5) is 11.3. The van der Waals surface area contributed by atoms with Crippen LogP contribution in [-0.4, -0.2) is 24.2 Å². The minimum absolute atomic E-state index is 0.107. The van der Waals surface area contributed by atoms with Crippen molar-refractivity contribution >= 4 is 5.91 Å². The minimum Gasteiger partial charge on any atom is -0.359 e. The van der Waals surface area contributed by atoms with Crippen molar-refractivity contribution in [2.75, 3.05) is 0 Å². The first-order chi connectivity index (χ1) is 5.81. The highest BCUT2D eigenvalue weighted by Gasteiger charge is 2.45. The summed E-state index contributed by atoms with van der Waals surface area (Å²) in [6, 6.07) is 0.462. The predicted molar refractivity (Wildman–Crippen MR) is 44.7 cm³/mol. The van der Waals surface area contributed by atoms with Crippen LogP contribution in [0, 0.1) is 0 Å². The second kappa shape index (κ2) is 3.05. The molecule has 12 heavy (non-hydrogen) atoms. The van der Waals surface area contributed by atoms with Crippen LogP contribution in [0.3, 0.4) is 0 Å². The van der Waals surface area contributed by atoms with E-state index < -0.39 is 0 Å². The highest BCUT2D eigenvalue weighted by molar-refractivity contribution is 5.84. The van der Waals surface area contributed by atoms with Crippen molar-refractivity contribution in [3.63, 3.8) is 0 Å². The molecule has 1 heterocycles. The number of ether oxygens (including phenoxy) is 1. The fourth-order valence-electron chi connectivity index (χ4n) is 1.39. The number of rotatable bonds is 4. The highest BCUT2D eigenvalue weighted by Crippen LogP contribution is 2.28. The van der Waals surface area contributed by atoms with E-state index in [4.69, 9.17) is 4.74 Å². The average Bonchev–Trinajstić information content (AvgIpc) is 2.82. The molecule has 2 fully saturated rings. The van der Waals surface area contributed by atoms with E-state index in [2.05, 4.69) is 12.2 Å². The van der Waals surface area contributed by atoms with Crippen LogP contribution in [0.25, 0.3) is 0 Å². The number of epoxide rings is 1. The Labute approximate surface area is 72.5 Å². The van der Waals surface area contributed by atoms with Gasteiger partial charge in [-0.25, -0.2) is 0 Å². The number of carbonyl (C=O) groups is 1. The van der Waals surface area contributed by atoms with Gasteiger partial charge >= 0.3 is 0 Å². The van der Waals surface area contributed by atoms with Crippen molar-refractivity contribution in [1.29, 1.82) is 0 Å². The lowest BCUT2D eigenvalue weighted by Gasteiger charge is -1.97. The third kappa shape index (κ3) is 1.78. The summed E-state index contributed by atoms with van der Waals surface area (Å²) < 4.78 is 5.24. The summed E-state index contributed by atoms with van der Waals surface area (Å²) >= 11 is 0. The van der Waals surface area contributed by atoms with Crippen molar-refractivity contribution < 1.29 is 9.53 Å². The second-order valence-corrected chi connectivity index (χ2v) is 3.67. The van der Waals surface area contributed by atoms with Crippen LogP contribution in [0.5, 0.6) is 0 Å². The molecule has 0 aromatic carbocycles. The standard InChI is InChI=1S/C9H15NO2/c1-2-3-7-8(12-7)9(11)10-6-4-5-6/h6-8H,2-5H2,1H3,(H,10,11)/t7-,8+/m0/s1. The Kier molecular flexibility index (Phi) is 2.05. The summed E-state index contributed by atoms with van der Waals surface area (Å²) in [6.07, 6.45) is 4.51. The zero-order chi connectivity index (χ0) is 8.55. The lowest BCUT2D eigenvalue weighted by molar-refractivity contribution is -0.122. The third-order valence-corrected chi connectivity index (χ3v) is 2.34. The van der Waals surface area contributed by atoms with E-state index in [1.54, 1.807) is 0 Å². The Balaban J connectivity index is 1.68. The van der Waals surface area contributed by atoms with Crippen molar-refractivity contribution in [3.8, 4) is 0 Å². The second-order valence-electron chi connectivity index (χ2n) is 3.67. The predicted octanol–water partition coefficient (Wildman–Crippen LogP) is 0.832. The Morgan fingerprint density at radius 1 is 1.58 bits per heavy atom. The van der Waals surface area contributed by atoms with E-state index in [0.717, 1.165) is 25.7 Å². The molecule has 0 unspecified atom stereocenters. The molecule has 1 aliphatic carbocycles. The maximum Gasteiger partial charge on any atom is 0.252 e. The van der Waals surface area contributed by atoms with Crippen LogP contribution in [0.4, 0.5) is 0 Å². The molecular weight excluding hydrogens is 154 g/mol.